The molecular weight excluding hydrogens is 432 g/mol. The molecule has 0 radical (unpaired) electrons. The van der Waals surface area contributed by atoms with Crippen LogP contribution in [0.1, 0.15) is 64.9 Å². The fourth-order valence-corrected chi connectivity index (χ4v) is 5.91. The lowest BCUT2D eigenvalue weighted by Gasteiger charge is -2.49. The van der Waals surface area contributed by atoms with Crippen LogP contribution in [0.5, 0.6) is 0 Å². The van der Waals surface area contributed by atoms with Crippen LogP contribution in [0.25, 0.3) is 0 Å². The van der Waals surface area contributed by atoms with Crippen molar-refractivity contribution >= 4 is 17.3 Å². The molecule has 0 saturated carbocycles. The number of ketones is 2. The van der Waals surface area contributed by atoms with Crippen LogP contribution in [0.2, 0.25) is 0 Å². The Balaban J connectivity index is 1.86. The number of nitrogens with zero attached hydrogens (tertiary/aromatic N) is 1. The van der Waals surface area contributed by atoms with E-state index in [1.807, 2.05) is 32.6 Å². The van der Waals surface area contributed by atoms with Crippen molar-refractivity contribution in [3.63, 3.8) is 0 Å². The zero-order chi connectivity index (χ0) is 24.4. The zero-order valence-electron chi connectivity index (χ0n) is 20.0. The Labute approximate surface area is 199 Å². The van der Waals surface area contributed by atoms with Gasteiger partial charge in [-0.3, -0.25) is 9.59 Å². The molecule has 1 aliphatic heterocycles. The summed E-state index contributed by atoms with van der Waals surface area (Å²) in [5, 5.41) is 0. The summed E-state index contributed by atoms with van der Waals surface area (Å²) in [4.78, 5) is 29.2. The molecule has 0 unspecified atom stereocenters. The van der Waals surface area contributed by atoms with E-state index >= 15 is 4.39 Å². The van der Waals surface area contributed by atoms with Crippen molar-refractivity contribution in [1.29, 1.82) is 0 Å². The predicted octanol–water partition coefficient (Wildman–Crippen LogP) is 6.86. The first-order valence-corrected chi connectivity index (χ1v) is 11.8. The minimum Gasteiger partial charge on any atom is -0.314 e. The van der Waals surface area contributed by atoms with Crippen LogP contribution in [-0.2, 0) is 9.59 Å². The SMILES string of the molecule is CC1(C)CC(=O)C2=C(C1)N(c1ccccc1F)C1=C(C(=O)CC(C)(C)C1)C2c1cccc(F)c1. The number of rotatable bonds is 2. The number of benzene rings is 2. The molecular formula is C29H29F2NO2. The van der Waals surface area contributed by atoms with Crippen molar-refractivity contribution in [2.24, 2.45) is 10.8 Å². The Hall–Kier alpha value is -3.08. The molecule has 2 aromatic carbocycles. The molecule has 2 aliphatic carbocycles. The van der Waals surface area contributed by atoms with Gasteiger partial charge in [-0.25, -0.2) is 8.78 Å². The molecule has 0 fully saturated rings. The molecule has 0 bridgehead atoms. The summed E-state index contributed by atoms with van der Waals surface area (Å²) in [6, 6.07) is 12.7. The standard InChI is InChI=1S/C29H29F2NO2/c1-28(2)13-21-26(23(33)15-28)25(17-8-7-9-18(30)12-17)27-22(14-29(3,4)16-24(27)34)32(21)20-11-6-5-10-19(20)31/h5-12,25H,13-16H2,1-4H3. The number of anilines is 1. The van der Waals surface area contributed by atoms with E-state index < -0.39 is 17.6 Å². The van der Waals surface area contributed by atoms with E-state index in [1.54, 1.807) is 30.3 Å². The third kappa shape index (κ3) is 3.71. The highest BCUT2D eigenvalue weighted by molar-refractivity contribution is 6.08. The quantitative estimate of drug-likeness (QED) is 0.491. The van der Waals surface area contributed by atoms with E-state index in [-0.39, 0.29) is 22.4 Å². The number of carbonyl (C=O) groups is 2. The highest BCUT2D eigenvalue weighted by Gasteiger charge is 2.49. The van der Waals surface area contributed by atoms with Crippen LogP contribution in [0.15, 0.2) is 71.1 Å². The molecule has 176 valence electrons. The topological polar surface area (TPSA) is 37.4 Å². The molecule has 0 spiro atoms. The maximum Gasteiger partial charge on any atom is 0.162 e. The fourth-order valence-electron chi connectivity index (χ4n) is 5.91. The molecule has 34 heavy (non-hydrogen) atoms. The van der Waals surface area contributed by atoms with Gasteiger partial charge >= 0.3 is 0 Å². The van der Waals surface area contributed by atoms with Gasteiger partial charge in [0.1, 0.15) is 11.6 Å². The van der Waals surface area contributed by atoms with E-state index in [1.165, 1.54) is 18.2 Å². The van der Waals surface area contributed by atoms with Crippen LogP contribution in [0.4, 0.5) is 14.5 Å². The largest absolute Gasteiger partial charge is 0.314 e. The summed E-state index contributed by atoms with van der Waals surface area (Å²) in [5.41, 5.74) is 2.75. The number of Topliss-reactive ketones (excluding diaryl/α,β-unsaturated/α-hetero) is 2. The summed E-state index contributed by atoms with van der Waals surface area (Å²) in [5.74, 6) is -1.59. The lowest BCUT2D eigenvalue weighted by atomic mass is 9.63. The van der Waals surface area contributed by atoms with Crippen molar-refractivity contribution < 1.29 is 18.4 Å². The average molecular weight is 462 g/mol. The van der Waals surface area contributed by atoms with Gasteiger partial charge in [0.15, 0.2) is 11.6 Å². The van der Waals surface area contributed by atoms with Crippen LogP contribution < -0.4 is 4.90 Å². The number of carbonyl (C=O) groups excluding carboxylic acids is 2. The maximum atomic E-state index is 15.2. The minimum absolute atomic E-state index is 0.0639. The van der Waals surface area contributed by atoms with Gasteiger partial charge in [0.05, 0.1) is 5.69 Å². The first-order chi connectivity index (χ1) is 16.0. The molecule has 1 heterocycles. The number of halogens is 2. The second-order valence-electron chi connectivity index (χ2n) is 11.4. The van der Waals surface area contributed by atoms with Crippen molar-refractivity contribution in [2.45, 2.75) is 59.3 Å². The molecule has 5 heteroatoms. The van der Waals surface area contributed by atoms with E-state index in [2.05, 4.69) is 0 Å². The van der Waals surface area contributed by atoms with Gasteiger partial charge in [-0.05, 0) is 53.5 Å². The van der Waals surface area contributed by atoms with Gasteiger partial charge in [-0.1, -0.05) is 52.0 Å². The van der Waals surface area contributed by atoms with E-state index in [4.69, 9.17) is 0 Å². The average Bonchev–Trinajstić information content (AvgIpc) is 2.71. The first kappa shape index (κ1) is 22.7. The van der Waals surface area contributed by atoms with Crippen molar-refractivity contribution in [1.82, 2.24) is 0 Å². The zero-order valence-corrected chi connectivity index (χ0v) is 20.0. The number of hydrogen-bond acceptors (Lipinski definition) is 3. The summed E-state index contributed by atoms with van der Waals surface area (Å²) in [6.07, 6.45) is 1.76. The number of allylic oxidation sites excluding steroid dienone is 4. The van der Waals surface area contributed by atoms with Crippen LogP contribution in [0.3, 0.4) is 0 Å². The van der Waals surface area contributed by atoms with Gasteiger partial charge in [-0.2, -0.15) is 0 Å². The normalized spacial score (nSPS) is 22.1. The third-order valence-corrected chi connectivity index (χ3v) is 7.19. The van der Waals surface area contributed by atoms with Crippen molar-refractivity contribution in [3.05, 3.63) is 88.3 Å². The van der Waals surface area contributed by atoms with Gasteiger partial charge in [-0.15, -0.1) is 0 Å². The Morgan fingerprint density at radius 3 is 1.85 bits per heavy atom. The number of hydrogen-bond donors (Lipinski definition) is 0. The predicted molar refractivity (Wildman–Crippen MR) is 128 cm³/mol. The molecule has 3 nitrogen and oxygen atoms in total. The van der Waals surface area contributed by atoms with Gasteiger partial charge in [0.25, 0.3) is 0 Å². The molecule has 3 aliphatic rings. The highest BCUT2D eigenvalue weighted by Crippen LogP contribution is 2.55. The van der Waals surface area contributed by atoms with E-state index in [0.717, 1.165) is 11.4 Å². The Bertz CT molecular complexity index is 1230. The molecule has 0 N–H and O–H groups in total. The monoisotopic (exact) mass is 461 g/mol. The highest BCUT2D eigenvalue weighted by atomic mass is 19.1. The molecule has 0 saturated heterocycles. The molecule has 0 atom stereocenters. The van der Waals surface area contributed by atoms with Crippen LogP contribution in [-0.4, -0.2) is 11.6 Å². The molecule has 0 aromatic heterocycles. The Morgan fingerprint density at radius 1 is 0.765 bits per heavy atom. The van der Waals surface area contributed by atoms with Gasteiger partial charge in [0, 0.05) is 41.3 Å². The smallest absolute Gasteiger partial charge is 0.162 e. The Morgan fingerprint density at radius 2 is 1.32 bits per heavy atom. The Kier molecular flexibility index (Phi) is 5.16. The van der Waals surface area contributed by atoms with E-state index in [9.17, 15) is 14.0 Å². The second-order valence-corrected chi connectivity index (χ2v) is 11.4. The first-order valence-electron chi connectivity index (χ1n) is 11.8. The van der Waals surface area contributed by atoms with Gasteiger partial charge < -0.3 is 4.90 Å². The van der Waals surface area contributed by atoms with Crippen molar-refractivity contribution in [2.75, 3.05) is 4.90 Å². The molecule has 2 aromatic rings. The summed E-state index contributed by atoms with van der Waals surface area (Å²) >= 11 is 0. The second kappa shape index (κ2) is 7.72. The fraction of sp³-hybridized carbons (Fsp3) is 0.379. The van der Waals surface area contributed by atoms with Crippen LogP contribution in [0, 0.1) is 22.5 Å². The molecule has 0 amide bonds. The van der Waals surface area contributed by atoms with Crippen LogP contribution >= 0.6 is 0 Å². The van der Waals surface area contributed by atoms with Crippen molar-refractivity contribution in [3.8, 4) is 0 Å². The van der Waals surface area contributed by atoms with E-state index in [0.29, 0.717) is 48.1 Å². The summed E-state index contributed by atoms with van der Waals surface area (Å²) in [7, 11) is 0. The lowest BCUT2D eigenvalue weighted by molar-refractivity contribution is -0.119. The lowest BCUT2D eigenvalue weighted by Crippen LogP contribution is -2.44. The molecule has 5 rings (SSSR count). The number of para-hydroxylation sites is 1. The minimum atomic E-state index is -0.643. The maximum absolute atomic E-state index is 15.2. The summed E-state index contributed by atoms with van der Waals surface area (Å²) in [6.45, 7) is 8.13. The third-order valence-electron chi connectivity index (χ3n) is 7.19. The summed E-state index contributed by atoms with van der Waals surface area (Å²) < 4.78 is 29.6. The van der Waals surface area contributed by atoms with Gasteiger partial charge in [0.2, 0.25) is 0 Å².